The van der Waals surface area contributed by atoms with Crippen molar-refractivity contribution in [1.82, 2.24) is 0 Å². The lowest BCUT2D eigenvalue weighted by atomic mass is 9.81. The Hall–Kier alpha value is -2.41. The molecule has 4 rings (SSSR count). The van der Waals surface area contributed by atoms with Crippen LogP contribution in [0.25, 0.3) is 22.4 Å². The van der Waals surface area contributed by atoms with E-state index in [4.69, 9.17) is 0 Å². The zero-order chi connectivity index (χ0) is 17.1. The van der Waals surface area contributed by atoms with Gasteiger partial charge >= 0.3 is 0 Å². The monoisotopic (exact) mass is 314 g/mol. The second-order valence-electron chi connectivity index (χ2n) is 7.55. The quantitative estimate of drug-likeness (QED) is 0.550. The number of nitrogens with zero attached hydrogens (tertiary/aromatic N) is 1. The Labute approximate surface area is 144 Å². The Morgan fingerprint density at radius 1 is 0.833 bits per heavy atom. The van der Waals surface area contributed by atoms with Crippen molar-refractivity contribution in [3.05, 3.63) is 77.0 Å². The van der Waals surface area contributed by atoms with Crippen molar-refractivity contribution in [2.75, 3.05) is 0 Å². The number of hydrogen-bond donors (Lipinski definition) is 0. The molecule has 3 aromatic rings. The average Bonchev–Trinajstić information content (AvgIpc) is 2.76. The summed E-state index contributed by atoms with van der Waals surface area (Å²) in [5.74, 6) is 0. The summed E-state index contributed by atoms with van der Waals surface area (Å²) in [6, 6.07) is 18.0. The van der Waals surface area contributed by atoms with Gasteiger partial charge in [-0.05, 0) is 42.2 Å². The molecule has 1 heterocycles. The first-order chi connectivity index (χ1) is 11.4. The third-order valence-electron chi connectivity index (χ3n) is 5.52. The molecule has 0 radical (unpaired) electrons. The predicted molar refractivity (Wildman–Crippen MR) is 100 cm³/mol. The first-order valence-corrected chi connectivity index (χ1v) is 8.62. The summed E-state index contributed by atoms with van der Waals surface area (Å²) in [6.45, 7) is 9.10. The molecule has 1 aromatic heterocycles. The summed E-state index contributed by atoms with van der Waals surface area (Å²) in [5.41, 5.74) is 11.0. The lowest BCUT2D eigenvalue weighted by Crippen LogP contribution is -2.30. The standard InChI is InChI=1S/C23H24N/c1-15-9-11-18-17(14-15)22-19(23(18,3)4)12-10-16(2)21(22)20-8-6-7-13-24(20)5/h6-14H,1-5H3/q+1. The highest BCUT2D eigenvalue weighted by atomic mass is 14.9. The molecule has 0 amide bonds. The molecule has 1 aliphatic rings. The summed E-state index contributed by atoms with van der Waals surface area (Å²) in [6.07, 6.45) is 2.13. The van der Waals surface area contributed by atoms with Gasteiger partial charge in [-0.2, -0.15) is 0 Å². The van der Waals surface area contributed by atoms with Gasteiger partial charge < -0.3 is 0 Å². The van der Waals surface area contributed by atoms with Crippen LogP contribution in [0.2, 0.25) is 0 Å². The van der Waals surface area contributed by atoms with Crippen LogP contribution in [0.4, 0.5) is 0 Å². The zero-order valence-corrected chi connectivity index (χ0v) is 15.1. The third-order valence-corrected chi connectivity index (χ3v) is 5.52. The van der Waals surface area contributed by atoms with Crippen molar-refractivity contribution < 1.29 is 4.57 Å². The highest BCUT2D eigenvalue weighted by Gasteiger charge is 2.38. The van der Waals surface area contributed by atoms with E-state index in [0.29, 0.717) is 0 Å². The Bertz CT molecular complexity index is 964. The van der Waals surface area contributed by atoms with Gasteiger partial charge in [-0.25, -0.2) is 4.57 Å². The van der Waals surface area contributed by atoms with Crippen LogP contribution in [0.3, 0.4) is 0 Å². The SMILES string of the molecule is Cc1ccc2c(c1)-c1c(ccc(C)c1-c1cccc[n+]1C)C2(C)C. The molecule has 24 heavy (non-hydrogen) atoms. The minimum absolute atomic E-state index is 0.0498. The van der Waals surface area contributed by atoms with Crippen molar-refractivity contribution in [2.24, 2.45) is 7.05 Å². The fraction of sp³-hybridized carbons (Fsp3) is 0.261. The summed E-state index contributed by atoms with van der Waals surface area (Å²) in [4.78, 5) is 0. The predicted octanol–water partition coefficient (Wildman–Crippen LogP) is 5.10. The molecule has 1 nitrogen and oxygen atoms in total. The van der Waals surface area contributed by atoms with Gasteiger partial charge in [0.2, 0.25) is 5.69 Å². The van der Waals surface area contributed by atoms with Crippen molar-refractivity contribution in [2.45, 2.75) is 33.1 Å². The summed E-state index contributed by atoms with van der Waals surface area (Å²) in [7, 11) is 2.13. The number of rotatable bonds is 1. The first-order valence-electron chi connectivity index (χ1n) is 8.62. The maximum Gasteiger partial charge on any atom is 0.213 e. The molecule has 0 N–H and O–H groups in total. The van der Waals surface area contributed by atoms with E-state index in [1.54, 1.807) is 0 Å². The number of aryl methyl sites for hydroxylation is 3. The smallest absolute Gasteiger partial charge is 0.201 e. The maximum atomic E-state index is 2.36. The summed E-state index contributed by atoms with van der Waals surface area (Å²) < 4.78 is 2.23. The lowest BCUT2D eigenvalue weighted by Gasteiger charge is -2.22. The minimum atomic E-state index is 0.0498. The van der Waals surface area contributed by atoms with Crippen LogP contribution < -0.4 is 4.57 Å². The molecule has 0 fully saturated rings. The van der Waals surface area contributed by atoms with E-state index in [-0.39, 0.29) is 5.41 Å². The van der Waals surface area contributed by atoms with Gasteiger partial charge in [0, 0.05) is 23.1 Å². The third kappa shape index (κ3) is 1.97. The summed E-state index contributed by atoms with van der Waals surface area (Å²) in [5, 5.41) is 0. The molecule has 0 saturated carbocycles. The normalized spacial score (nSPS) is 14.4. The van der Waals surface area contributed by atoms with Crippen LogP contribution in [0, 0.1) is 13.8 Å². The Kier molecular flexibility index (Phi) is 3.18. The van der Waals surface area contributed by atoms with Crippen LogP contribution in [0.1, 0.15) is 36.1 Å². The van der Waals surface area contributed by atoms with Crippen LogP contribution in [-0.2, 0) is 12.5 Å². The average molecular weight is 314 g/mol. The number of fused-ring (bicyclic) bond motifs is 3. The number of pyridine rings is 1. The van der Waals surface area contributed by atoms with Crippen molar-refractivity contribution in [1.29, 1.82) is 0 Å². The largest absolute Gasteiger partial charge is 0.213 e. The molecular formula is C23H24N+. The highest BCUT2D eigenvalue weighted by molar-refractivity contribution is 5.92. The van der Waals surface area contributed by atoms with Gasteiger partial charge in [-0.1, -0.05) is 49.7 Å². The maximum absolute atomic E-state index is 2.36. The van der Waals surface area contributed by atoms with E-state index in [9.17, 15) is 0 Å². The Morgan fingerprint density at radius 3 is 2.33 bits per heavy atom. The van der Waals surface area contributed by atoms with E-state index >= 15 is 0 Å². The van der Waals surface area contributed by atoms with E-state index in [0.717, 1.165) is 0 Å². The van der Waals surface area contributed by atoms with Gasteiger partial charge in [0.25, 0.3) is 0 Å². The fourth-order valence-electron chi connectivity index (χ4n) is 4.18. The van der Waals surface area contributed by atoms with E-state index in [1.165, 1.54) is 44.6 Å². The molecule has 0 atom stereocenters. The van der Waals surface area contributed by atoms with E-state index < -0.39 is 0 Å². The molecule has 1 aliphatic carbocycles. The topological polar surface area (TPSA) is 3.88 Å². The van der Waals surface area contributed by atoms with E-state index in [2.05, 4.69) is 94.0 Å². The first kappa shape index (κ1) is 15.1. The number of benzene rings is 2. The molecule has 0 aliphatic heterocycles. The molecule has 0 spiro atoms. The van der Waals surface area contributed by atoms with Crippen LogP contribution in [-0.4, -0.2) is 0 Å². The van der Waals surface area contributed by atoms with Crippen LogP contribution in [0.5, 0.6) is 0 Å². The van der Waals surface area contributed by atoms with Crippen LogP contribution in [0.15, 0.2) is 54.7 Å². The van der Waals surface area contributed by atoms with Crippen LogP contribution >= 0.6 is 0 Å². The van der Waals surface area contributed by atoms with Crippen molar-refractivity contribution >= 4 is 0 Å². The van der Waals surface area contributed by atoms with Gasteiger partial charge in [-0.3, -0.25) is 0 Å². The zero-order valence-electron chi connectivity index (χ0n) is 15.1. The second kappa shape index (κ2) is 5.04. The molecule has 0 unspecified atom stereocenters. The lowest BCUT2D eigenvalue weighted by molar-refractivity contribution is -0.660. The Balaban J connectivity index is 2.15. The number of aromatic nitrogens is 1. The Morgan fingerprint density at radius 2 is 1.58 bits per heavy atom. The molecule has 2 aromatic carbocycles. The molecule has 1 heteroatoms. The molecule has 0 bridgehead atoms. The van der Waals surface area contributed by atoms with Gasteiger partial charge in [-0.15, -0.1) is 0 Å². The molecular weight excluding hydrogens is 290 g/mol. The van der Waals surface area contributed by atoms with Crippen molar-refractivity contribution in [3.8, 4) is 22.4 Å². The van der Waals surface area contributed by atoms with E-state index in [1.807, 2.05) is 0 Å². The second-order valence-corrected chi connectivity index (χ2v) is 7.55. The fourth-order valence-corrected chi connectivity index (χ4v) is 4.18. The molecule has 0 saturated heterocycles. The van der Waals surface area contributed by atoms with Gasteiger partial charge in [0.1, 0.15) is 7.05 Å². The highest BCUT2D eigenvalue weighted by Crippen LogP contribution is 2.52. The van der Waals surface area contributed by atoms with Crippen molar-refractivity contribution in [3.63, 3.8) is 0 Å². The number of hydrogen-bond acceptors (Lipinski definition) is 0. The summed E-state index contributed by atoms with van der Waals surface area (Å²) >= 11 is 0. The van der Waals surface area contributed by atoms with Gasteiger partial charge in [0.05, 0.1) is 5.56 Å². The van der Waals surface area contributed by atoms with Gasteiger partial charge in [0.15, 0.2) is 6.20 Å². The minimum Gasteiger partial charge on any atom is -0.201 e. The molecule has 120 valence electrons.